The molecule has 1 N–H and O–H groups in total. The molecule has 0 radical (unpaired) electrons. The van der Waals surface area contributed by atoms with Crippen LogP contribution in [0.25, 0.3) is 10.4 Å². The first kappa shape index (κ1) is 9.65. The second-order valence-electron chi connectivity index (χ2n) is 3.49. The normalized spacial score (nSPS) is 37.2. The highest BCUT2D eigenvalue weighted by Gasteiger charge is 2.42. The van der Waals surface area contributed by atoms with Crippen LogP contribution in [0.5, 0.6) is 0 Å². The third-order valence-corrected chi connectivity index (χ3v) is 2.98. The minimum atomic E-state index is 0. The van der Waals surface area contributed by atoms with Gasteiger partial charge in [-0.15, -0.1) is 12.4 Å². The van der Waals surface area contributed by atoms with E-state index >= 15 is 0 Å². The first-order chi connectivity index (χ1) is 5.42. The monoisotopic (exact) mass is 188 g/mol. The summed E-state index contributed by atoms with van der Waals surface area (Å²) in [7, 11) is 0. The van der Waals surface area contributed by atoms with Gasteiger partial charge in [-0.2, -0.15) is 0 Å². The number of halogens is 1. The van der Waals surface area contributed by atoms with E-state index in [-0.39, 0.29) is 12.4 Å². The van der Waals surface area contributed by atoms with Gasteiger partial charge in [-0.1, -0.05) is 5.11 Å². The van der Waals surface area contributed by atoms with Crippen molar-refractivity contribution >= 4 is 12.4 Å². The second kappa shape index (κ2) is 3.99. The number of hydrogen-bond donors (Lipinski definition) is 1. The Morgan fingerprint density at radius 3 is 3.00 bits per heavy atom. The van der Waals surface area contributed by atoms with Gasteiger partial charge >= 0.3 is 0 Å². The van der Waals surface area contributed by atoms with E-state index in [1.54, 1.807) is 0 Å². The third kappa shape index (κ3) is 1.51. The second-order valence-corrected chi connectivity index (χ2v) is 3.49. The molecule has 12 heavy (non-hydrogen) atoms. The summed E-state index contributed by atoms with van der Waals surface area (Å²) in [6, 6.07) is 0. The molecule has 0 aromatic heterocycles. The van der Waals surface area contributed by atoms with Gasteiger partial charge in [0.25, 0.3) is 0 Å². The van der Waals surface area contributed by atoms with Crippen molar-refractivity contribution in [3.05, 3.63) is 10.4 Å². The Morgan fingerprint density at radius 2 is 2.33 bits per heavy atom. The molecule has 0 spiro atoms. The molecule has 0 bridgehead atoms. The lowest BCUT2D eigenvalue weighted by molar-refractivity contribution is 0.129. The topological polar surface area (TPSA) is 60.8 Å². The van der Waals surface area contributed by atoms with Crippen LogP contribution < -0.4 is 5.32 Å². The molecule has 68 valence electrons. The highest BCUT2D eigenvalue weighted by molar-refractivity contribution is 5.85. The molecule has 1 heterocycles. The van der Waals surface area contributed by atoms with Gasteiger partial charge in [0.2, 0.25) is 0 Å². The van der Waals surface area contributed by atoms with Crippen molar-refractivity contribution in [1.82, 2.24) is 5.32 Å². The smallest absolute Gasteiger partial charge is 0.0289 e. The van der Waals surface area contributed by atoms with Crippen molar-refractivity contribution in [3.63, 3.8) is 0 Å². The maximum atomic E-state index is 8.12. The molecule has 3 atom stereocenters. The van der Waals surface area contributed by atoms with Gasteiger partial charge in [0, 0.05) is 11.5 Å². The maximum Gasteiger partial charge on any atom is 0.0289 e. The van der Waals surface area contributed by atoms with Gasteiger partial charge in [-0.25, -0.2) is 0 Å². The van der Waals surface area contributed by atoms with E-state index in [0.29, 0.717) is 12.5 Å². The van der Waals surface area contributed by atoms with Crippen LogP contribution in [-0.2, 0) is 0 Å². The van der Waals surface area contributed by atoms with E-state index in [1.807, 2.05) is 0 Å². The fourth-order valence-corrected chi connectivity index (χ4v) is 2.28. The van der Waals surface area contributed by atoms with Crippen LogP contribution in [0.2, 0.25) is 0 Å². The average molecular weight is 189 g/mol. The minimum Gasteiger partial charge on any atom is -0.316 e. The summed E-state index contributed by atoms with van der Waals surface area (Å²) in [5.41, 5.74) is 8.12. The van der Waals surface area contributed by atoms with Crippen LogP contribution in [-0.4, -0.2) is 19.6 Å². The van der Waals surface area contributed by atoms with Gasteiger partial charge in [0.1, 0.15) is 0 Å². The van der Waals surface area contributed by atoms with E-state index in [1.165, 1.54) is 13.0 Å². The highest BCUT2D eigenvalue weighted by Crippen LogP contribution is 2.42. The number of azide groups is 1. The predicted molar refractivity (Wildman–Crippen MR) is 49.2 cm³/mol. The van der Waals surface area contributed by atoms with Crippen molar-refractivity contribution in [1.29, 1.82) is 0 Å². The van der Waals surface area contributed by atoms with E-state index in [4.69, 9.17) is 5.53 Å². The largest absolute Gasteiger partial charge is 0.316 e. The molecule has 1 aliphatic heterocycles. The van der Waals surface area contributed by atoms with Crippen molar-refractivity contribution in [2.75, 3.05) is 19.6 Å². The molecule has 2 aliphatic rings. The quantitative estimate of drug-likeness (QED) is 0.399. The lowest BCUT2D eigenvalue weighted by Crippen LogP contribution is -2.37. The van der Waals surface area contributed by atoms with Crippen LogP contribution >= 0.6 is 12.4 Å². The van der Waals surface area contributed by atoms with Gasteiger partial charge in [0.15, 0.2) is 0 Å². The zero-order chi connectivity index (χ0) is 7.68. The Labute approximate surface area is 77.8 Å². The Morgan fingerprint density at radius 1 is 1.50 bits per heavy atom. The predicted octanol–water partition coefficient (Wildman–Crippen LogP) is 1.57. The van der Waals surface area contributed by atoms with Gasteiger partial charge in [-0.3, -0.25) is 0 Å². The fourth-order valence-electron chi connectivity index (χ4n) is 2.28. The van der Waals surface area contributed by atoms with E-state index in [2.05, 4.69) is 15.3 Å². The van der Waals surface area contributed by atoms with Crippen LogP contribution in [0.15, 0.2) is 5.11 Å². The van der Waals surface area contributed by atoms with Gasteiger partial charge in [0.05, 0.1) is 0 Å². The summed E-state index contributed by atoms with van der Waals surface area (Å²) in [6.45, 7) is 3.02. The van der Waals surface area contributed by atoms with Crippen LogP contribution in [0, 0.1) is 17.8 Å². The third-order valence-electron chi connectivity index (χ3n) is 2.98. The number of nitrogens with zero attached hydrogens (tertiary/aromatic N) is 3. The molecule has 1 aliphatic carbocycles. The Balaban J connectivity index is 0.000000720. The van der Waals surface area contributed by atoms with Crippen LogP contribution in [0.1, 0.15) is 6.42 Å². The van der Waals surface area contributed by atoms with Crippen LogP contribution in [0.4, 0.5) is 0 Å². The number of fused-ring (bicyclic) bond motifs is 1. The van der Waals surface area contributed by atoms with Crippen molar-refractivity contribution < 1.29 is 0 Å². The van der Waals surface area contributed by atoms with E-state index in [0.717, 1.165) is 18.4 Å². The lowest BCUT2D eigenvalue weighted by atomic mass is 9.67. The molecule has 1 saturated heterocycles. The highest BCUT2D eigenvalue weighted by atomic mass is 35.5. The molecule has 0 aromatic rings. The molecule has 2 rings (SSSR count). The fraction of sp³-hybridized carbons (Fsp3) is 1.00. The minimum absolute atomic E-state index is 0. The SMILES string of the molecule is Cl.[N-]=[N+]=NCC1CC2CNCC12. The Hall–Kier alpha value is -0.440. The Bertz CT molecular complexity index is 202. The molecule has 1 saturated carbocycles. The first-order valence-electron chi connectivity index (χ1n) is 4.13. The van der Waals surface area contributed by atoms with Gasteiger partial charge < -0.3 is 5.32 Å². The molecule has 3 unspecified atom stereocenters. The van der Waals surface area contributed by atoms with Gasteiger partial charge in [-0.05, 0) is 42.8 Å². The number of hydrogen-bond acceptors (Lipinski definition) is 2. The molecule has 4 nitrogen and oxygen atoms in total. The zero-order valence-electron chi connectivity index (χ0n) is 6.81. The summed E-state index contributed by atoms with van der Waals surface area (Å²) >= 11 is 0. The summed E-state index contributed by atoms with van der Waals surface area (Å²) in [4.78, 5) is 2.78. The molecule has 2 fully saturated rings. The summed E-state index contributed by atoms with van der Waals surface area (Å²) < 4.78 is 0. The summed E-state index contributed by atoms with van der Waals surface area (Å²) in [5, 5.41) is 6.96. The van der Waals surface area contributed by atoms with Crippen molar-refractivity contribution in [3.8, 4) is 0 Å². The Kier molecular flexibility index (Phi) is 3.20. The standard InChI is InChI=1S/C7H12N4.ClH/c8-11-10-3-6-1-5-2-9-4-7(5)6;/h5-7,9H,1-4H2;1H. The van der Waals surface area contributed by atoms with Crippen molar-refractivity contribution in [2.24, 2.45) is 22.9 Å². The van der Waals surface area contributed by atoms with E-state index < -0.39 is 0 Å². The summed E-state index contributed by atoms with van der Waals surface area (Å²) in [5.74, 6) is 2.36. The molecule has 5 heteroatoms. The molecule has 0 amide bonds. The van der Waals surface area contributed by atoms with Crippen molar-refractivity contribution in [2.45, 2.75) is 6.42 Å². The van der Waals surface area contributed by atoms with Crippen LogP contribution in [0.3, 0.4) is 0 Å². The number of nitrogens with one attached hydrogen (secondary N) is 1. The lowest BCUT2D eigenvalue weighted by Gasteiger charge is -2.38. The molecule has 0 aromatic carbocycles. The molecular weight excluding hydrogens is 176 g/mol. The number of rotatable bonds is 2. The first-order valence-corrected chi connectivity index (χ1v) is 4.13. The maximum absolute atomic E-state index is 8.12. The summed E-state index contributed by atoms with van der Waals surface area (Å²) in [6.07, 6.45) is 1.26. The molecular formula is C7H13ClN4. The van der Waals surface area contributed by atoms with E-state index in [9.17, 15) is 0 Å². The zero-order valence-corrected chi connectivity index (χ0v) is 7.63. The average Bonchev–Trinajstić information content (AvgIpc) is 2.33.